The average molecular weight is 298 g/mol. The smallest absolute Gasteiger partial charge is 0.300 e. The van der Waals surface area contributed by atoms with Gasteiger partial charge in [0.05, 0.1) is 5.56 Å². The van der Waals surface area contributed by atoms with E-state index >= 15 is 0 Å². The van der Waals surface area contributed by atoms with Crippen LogP contribution < -0.4 is 5.73 Å². The maximum atomic E-state index is 13.5. The summed E-state index contributed by atoms with van der Waals surface area (Å²) in [6.07, 6.45) is 0.850. The number of hydrogen-bond donors (Lipinski definition) is 3. The van der Waals surface area contributed by atoms with Crippen molar-refractivity contribution in [1.82, 2.24) is 4.90 Å². The molecule has 1 fully saturated rings. The SMILES string of the molecule is CC(=O)O.NCC1CCN(C(=O)c2cc(O)ccc2F)C1. The summed E-state index contributed by atoms with van der Waals surface area (Å²) in [7, 11) is 0. The van der Waals surface area contributed by atoms with Gasteiger partial charge in [-0.2, -0.15) is 0 Å². The van der Waals surface area contributed by atoms with Crippen LogP contribution >= 0.6 is 0 Å². The van der Waals surface area contributed by atoms with Gasteiger partial charge < -0.3 is 20.8 Å². The van der Waals surface area contributed by atoms with Crippen LogP contribution in [0.15, 0.2) is 18.2 Å². The van der Waals surface area contributed by atoms with E-state index in [9.17, 15) is 14.3 Å². The van der Waals surface area contributed by atoms with E-state index in [4.69, 9.17) is 15.6 Å². The summed E-state index contributed by atoms with van der Waals surface area (Å²) >= 11 is 0. The van der Waals surface area contributed by atoms with Crippen molar-refractivity contribution in [3.8, 4) is 5.75 Å². The number of rotatable bonds is 2. The number of nitrogens with zero attached hydrogens (tertiary/aromatic N) is 1. The maximum absolute atomic E-state index is 13.5. The van der Waals surface area contributed by atoms with Gasteiger partial charge in [0, 0.05) is 20.0 Å². The standard InChI is InChI=1S/C12H15FN2O2.C2H4O2/c13-11-2-1-9(16)5-10(11)12(17)15-4-3-8(6-14)7-15;1-2(3)4/h1-2,5,8,16H,3-4,6-7,14H2;1H3,(H,3,4). The van der Waals surface area contributed by atoms with Gasteiger partial charge in [0.2, 0.25) is 0 Å². The Hall–Kier alpha value is -2.15. The Morgan fingerprint density at radius 2 is 2.10 bits per heavy atom. The molecule has 1 aliphatic rings. The maximum Gasteiger partial charge on any atom is 0.300 e. The van der Waals surface area contributed by atoms with Gasteiger partial charge in [0.25, 0.3) is 11.9 Å². The summed E-state index contributed by atoms with van der Waals surface area (Å²) in [4.78, 5) is 22.6. The van der Waals surface area contributed by atoms with Crippen LogP contribution in [-0.2, 0) is 4.79 Å². The van der Waals surface area contributed by atoms with Crippen molar-refractivity contribution in [3.05, 3.63) is 29.6 Å². The molecule has 4 N–H and O–H groups in total. The van der Waals surface area contributed by atoms with Crippen molar-refractivity contribution >= 4 is 11.9 Å². The second kappa shape index (κ2) is 7.58. The van der Waals surface area contributed by atoms with E-state index in [0.717, 1.165) is 25.5 Å². The number of nitrogens with two attached hydrogens (primary N) is 1. The third-order valence-electron chi connectivity index (χ3n) is 3.09. The lowest BCUT2D eigenvalue weighted by Gasteiger charge is -2.16. The number of hydrogen-bond acceptors (Lipinski definition) is 4. The van der Waals surface area contributed by atoms with Crippen LogP contribution in [0.25, 0.3) is 0 Å². The molecule has 116 valence electrons. The molecule has 0 bridgehead atoms. The molecule has 1 aromatic carbocycles. The van der Waals surface area contributed by atoms with Crippen LogP contribution in [0.1, 0.15) is 23.7 Å². The van der Waals surface area contributed by atoms with Crippen molar-refractivity contribution in [2.75, 3.05) is 19.6 Å². The van der Waals surface area contributed by atoms with E-state index in [0.29, 0.717) is 25.6 Å². The molecule has 0 aromatic heterocycles. The van der Waals surface area contributed by atoms with Gasteiger partial charge in [-0.1, -0.05) is 0 Å². The number of phenols is 1. The number of benzene rings is 1. The number of phenolic OH excluding ortho intramolecular Hbond substituents is 1. The highest BCUT2D eigenvalue weighted by Gasteiger charge is 2.27. The summed E-state index contributed by atoms with van der Waals surface area (Å²) in [6, 6.07) is 3.48. The lowest BCUT2D eigenvalue weighted by molar-refractivity contribution is -0.134. The van der Waals surface area contributed by atoms with Gasteiger partial charge in [-0.15, -0.1) is 0 Å². The largest absolute Gasteiger partial charge is 0.508 e. The molecule has 1 amide bonds. The summed E-state index contributed by atoms with van der Waals surface area (Å²) in [5.41, 5.74) is 5.46. The van der Waals surface area contributed by atoms with Crippen molar-refractivity contribution in [2.45, 2.75) is 13.3 Å². The Kier molecular flexibility index (Phi) is 6.10. The van der Waals surface area contributed by atoms with Crippen molar-refractivity contribution in [1.29, 1.82) is 0 Å². The number of carbonyl (C=O) groups excluding carboxylic acids is 1. The normalized spacial score (nSPS) is 17.1. The van der Waals surface area contributed by atoms with E-state index in [1.807, 2.05) is 0 Å². The number of carboxylic acids is 1. The number of likely N-dealkylation sites (tertiary alicyclic amines) is 1. The first-order valence-electron chi connectivity index (χ1n) is 6.52. The van der Waals surface area contributed by atoms with Gasteiger partial charge in [-0.3, -0.25) is 9.59 Å². The first-order valence-corrected chi connectivity index (χ1v) is 6.52. The summed E-state index contributed by atoms with van der Waals surface area (Å²) < 4.78 is 13.5. The highest BCUT2D eigenvalue weighted by molar-refractivity contribution is 5.95. The zero-order valence-electron chi connectivity index (χ0n) is 11.8. The third kappa shape index (κ3) is 5.03. The molecular weight excluding hydrogens is 279 g/mol. The van der Waals surface area contributed by atoms with Crippen molar-refractivity contribution in [2.24, 2.45) is 11.7 Å². The minimum atomic E-state index is -0.833. The number of aromatic hydroxyl groups is 1. The van der Waals surface area contributed by atoms with E-state index in [1.54, 1.807) is 4.90 Å². The topological polar surface area (TPSA) is 104 Å². The molecule has 21 heavy (non-hydrogen) atoms. The summed E-state index contributed by atoms with van der Waals surface area (Å²) in [5.74, 6) is -1.64. The van der Waals surface area contributed by atoms with Gasteiger partial charge in [-0.05, 0) is 37.1 Å². The Morgan fingerprint density at radius 3 is 2.62 bits per heavy atom. The van der Waals surface area contributed by atoms with Crippen LogP contribution in [0.5, 0.6) is 5.75 Å². The highest BCUT2D eigenvalue weighted by Crippen LogP contribution is 2.21. The quantitative estimate of drug-likeness (QED) is 0.757. The van der Waals surface area contributed by atoms with Crippen molar-refractivity contribution < 1.29 is 24.2 Å². The van der Waals surface area contributed by atoms with Gasteiger partial charge in [0.15, 0.2) is 0 Å². The van der Waals surface area contributed by atoms with Crippen LogP contribution in [0.3, 0.4) is 0 Å². The van der Waals surface area contributed by atoms with Gasteiger partial charge in [-0.25, -0.2) is 4.39 Å². The molecule has 1 atom stereocenters. The minimum absolute atomic E-state index is 0.0809. The molecule has 0 radical (unpaired) electrons. The zero-order valence-corrected chi connectivity index (χ0v) is 11.8. The van der Waals surface area contributed by atoms with Crippen LogP contribution in [0, 0.1) is 11.7 Å². The molecule has 1 aromatic rings. The van der Waals surface area contributed by atoms with E-state index < -0.39 is 11.8 Å². The molecule has 1 unspecified atom stereocenters. The Morgan fingerprint density at radius 1 is 1.48 bits per heavy atom. The number of carbonyl (C=O) groups is 2. The second-order valence-corrected chi connectivity index (χ2v) is 4.82. The predicted octanol–water partition coefficient (Wildman–Crippen LogP) is 1.04. The Balaban J connectivity index is 0.000000491. The van der Waals surface area contributed by atoms with E-state index in [2.05, 4.69) is 0 Å². The molecule has 1 saturated heterocycles. The Bertz CT molecular complexity index is 518. The van der Waals surface area contributed by atoms with Gasteiger partial charge in [0.1, 0.15) is 11.6 Å². The molecule has 1 heterocycles. The fourth-order valence-corrected chi connectivity index (χ4v) is 2.06. The second-order valence-electron chi connectivity index (χ2n) is 4.82. The van der Waals surface area contributed by atoms with Gasteiger partial charge >= 0.3 is 0 Å². The molecule has 6 nitrogen and oxygen atoms in total. The summed E-state index contributed by atoms with van der Waals surface area (Å²) in [5, 5.41) is 16.7. The first kappa shape index (κ1) is 16.9. The molecule has 7 heteroatoms. The number of halogens is 1. The van der Waals surface area contributed by atoms with Crippen molar-refractivity contribution in [3.63, 3.8) is 0 Å². The van der Waals surface area contributed by atoms with E-state index in [1.165, 1.54) is 6.07 Å². The zero-order chi connectivity index (χ0) is 16.0. The highest BCUT2D eigenvalue weighted by atomic mass is 19.1. The van der Waals surface area contributed by atoms with Crippen LogP contribution in [-0.4, -0.2) is 46.6 Å². The molecule has 1 aliphatic heterocycles. The number of amides is 1. The van der Waals surface area contributed by atoms with Crippen LogP contribution in [0.2, 0.25) is 0 Å². The molecular formula is C14H19FN2O4. The lowest BCUT2D eigenvalue weighted by Crippen LogP contribution is -2.30. The fraction of sp³-hybridized carbons (Fsp3) is 0.429. The molecule has 0 saturated carbocycles. The number of carboxylic acid groups (broad SMARTS) is 1. The average Bonchev–Trinajstić information content (AvgIpc) is 2.89. The minimum Gasteiger partial charge on any atom is -0.508 e. The molecule has 0 aliphatic carbocycles. The first-order chi connectivity index (χ1) is 9.85. The summed E-state index contributed by atoms with van der Waals surface area (Å²) in [6.45, 7) is 2.77. The molecule has 2 rings (SSSR count). The molecule has 0 spiro atoms. The lowest BCUT2D eigenvalue weighted by atomic mass is 10.1. The number of aliphatic carboxylic acids is 1. The fourth-order valence-electron chi connectivity index (χ4n) is 2.06. The van der Waals surface area contributed by atoms with E-state index in [-0.39, 0.29) is 17.2 Å². The monoisotopic (exact) mass is 298 g/mol. The Labute approximate surface area is 122 Å². The van der Waals surface area contributed by atoms with Crippen LogP contribution in [0.4, 0.5) is 4.39 Å². The predicted molar refractivity (Wildman–Crippen MR) is 74.4 cm³/mol. The third-order valence-corrected chi connectivity index (χ3v) is 3.09.